The summed E-state index contributed by atoms with van der Waals surface area (Å²) in [4.78, 5) is 10.7. The maximum atomic E-state index is 14.2. The fourth-order valence-electron chi connectivity index (χ4n) is 4.61. The van der Waals surface area contributed by atoms with E-state index in [2.05, 4.69) is 53.1 Å². The van der Waals surface area contributed by atoms with Crippen molar-refractivity contribution in [3.8, 4) is 5.88 Å². The van der Waals surface area contributed by atoms with Crippen LogP contribution in [0.1, 0.15) is 46.5 Å². The van der Waals surface area contributed by atoms with Gasteiger partial charge in [0.2, 0.25) is 11.8 Å². The smallest absolute Gasteiger partial charge is 0.255 e. The van der Waals surface area contributed by atoms with Gasteiger partial charge in [-0.05, 0) is 56.4 Å². The Labute approximate surface area is 184 Å². The summed E-state index contributed by atoms with van der Waals surface area (Å²) in [7, 11) is 0. The first-order valence-corrected chi connectivity index (χ1v) is 11.4. The predicted octanol–water partition coefficient (Wildman–Crippen LogP) is 5.18. The van der Waals surface area contributed by atoms with Crippen molar-refractivity contribution in [1.29, 1.82) is 0 Å². The summed E-state index contributed by atoms with van der Waals surface area (Å²) in [5.74, 6) is 0.877. The van der Waals surface area contributed by atoms with E-state index in [0.717, 1.165) is 30.9 Å². The lowest BCUT2D eigenvalue weighted by molar-refractivity contribution is -0.00521. The number of rotatable bonds is 6. The van der Waals surface area contributed by atoms with E-state index in [0.29, 0.717) is 24.4 Å². The number of hydrogen-bond donors (Lipinski definition) is 1. The standard InChI is InChI=1S/C24H33FN4O2/c1-16-6-4-5-7-19(16)15-30-23-22(25)12-26-24(28-23)27-20-8-10-21(11-9-20)29-13-17(2)31-18(3)14-29/h8-12,16-19H,4-7,13-15H2,1-3H3,(H,26,27,28)/t16?,17-,18+,19?. The van der Waals surface area contributed by atoms with Gasteiger partial charge >= 0.3 is 0 Å². The number of halogens is 1. The lowest BCUT2D eigenvalue weighted by atomic mass is 9.81. The van der Waals surface area contributed by atoms with Crippen LogP contribution in [-0.2, 0) is 4.74 Å². The number of nitrogens with zero attached hydrogens (tertiary/aromatic N) is 3. The van der Waals surface area contributed by atoms with Crippen LogP contribution in [0.2, 0.25) is 0 Å². The third-order valence-electron chi connectivity index (χ3n) is 6.34. The second-order valence-corrected chi connectivity index (χ2v) is 9.01. The second kappa shape index (κ2) is 9.81. The highest BCUT2D eigenvalue weighted by atomic mass is 19.1. The first-order chi connectivity index (χ1) is 15.0. The molecule has 31 heavy (non-hydrogen) atoms. The molecule has 168 valence electrons. The molecule has 0 amide bonds. The molecule has 7 heteroatoms. The van der Waals surface area contributed by atoms with Crippen molar-refractivity contribution >= 4 is 17.3 Å². The van der Waals surface area contributed by atoms with Crippen LogP contribution in [-0.4, -0.2) is 41.9 Å². The molecule has 0 bridgehead atoms. The molecule has 2 fully saturated rings. The van der Waals surface area contributed by atoms with E-state index in [1.54, 1.807) is 0 Å². The van der Waals surface area contributed by atoms with Gasteiger partial charge in [0, 0.05) is 24.5 Å². The summed E-state index contributed by atoms with van der Waals surface area (Å²) in [6.45, 7) is 8.69. The number of nitrogens with one attached hydrogen (secondary N) is 1. The van der Waals surface area contributed by atoms with Crippen molar-refractivity contribution in [3.05, 3.63) is 36.3 Å². The summed E-state index contributed by atoms with van der Waals surface area (Å²) in [6.07, 6.45) is 6.43. The molecule has 4 rings (SSSR count). The molecule has 4 atom stereocenters. The zero-order valence-corrected chi connectivity index (χ0v) is 18.7. The Bertz CT molecular complexity index is 853. The van der Waals surface area contributed by atoms with Crippen molar-refractivity contribution in [1.82, 2.24) is 9.97 Å². The van der Waals surface area contributed by atoms with E-state index in [-0.39, 0.29) is 18.1 Å². The Morgan fingerprint density at radius 1 is 1.10 bits per heavy atom. The van der Waals surface area contributed by atoms with Crippen molar-refractivity contribution < 1.29 is 13.9 Å². The maximum absolute atomic E-state index is 14.2. The van der Waals surface area contributed by atoms with Gasteiger partial charge < -0.3 is 19.7 Å². The quantitative estimate of drug-likeness (QED) is 0.684. The van der Waals surface area contributed by atoms with E-state index in [4.69, 9.17) is 9.47 Å². The van der Waals surface area contributed by atoms with Crippen LogP contribution in [0.15, 0.2) is 30.5 Å². The molecule has 2 heterocycles. The summed E-state index contributed by atoms with van der Waals surface area (Å²) < 4.78 is 25.8. The average molecular weight is 429 g/mol. The zero-order valence-electron chi connectivity index (χ0n) is 18.7. The zero-order chi connectivity index (χ0) is 21.8. The number of benzene rings is 1. The summed E-state index contributed by atoms with van der Waals surface area (Å²) in [5, 5.41) is 3.15. The van der Waals surface area contributed by atoms with Crippen LogP contribution in [0.3, 0.4) is 0 Å². The minimum atomic E-state index is -0.528. The molecule has 6 nitrogen and oxygen atoms in total. The van der Waals surface area contributed by atoms with E-state index in [1.807, 2.05) is 12.1 Å². The molecule has 0 spiro atoms. The average Bonchev–Trinajstić information content (AvgIpc) is 2.75. The number of anilines is 3. The van der Waals surface area contributed by atoms with Gasteiger partial charge in [-0.1, -0.05) is 26.2 Å². The third-order valence-corrected chi connectivity index (χ3v) is 6.34. The van der Waals surface area contributed by atoms with Crippen molar-refractivity contribution in [2.24, 2.45) is 11.8 Å². The van der Waals surface area contributed by atoms with Crippen molar-refractivity contribution in [2.45, 2.75) is 58.7 Å². The summed E-state index contributed by atoms with van der Waals surface area (Å²) in [6, 6.07) is 8.10. The van der Waals surface area contributed by atoms with Gasteiger partial charge in [-0.25, -0.2) is 4.98 Å². The molecule has 2 aromatic rings. The molecule has 2 unspecified atom stereocenters. The van der Waals surface area contributed by atoms with Crippen LogP contribution < -0.4 is 15.0 Å². The summed E-state index contributed by atoms with van der Waals surface area (Å²) in [5.41, 5.74) is 2.00. The van der Waals surface area contributed by atoms with E-state index < -0.39 is 5.82 Å². The Morgan fingerprint density at radius 3 is 2.52 bits per heavy atom. The first-order valence-electron chi connectivity index (χ1n) is 11.4. The van der Waals surface area contributed by atoms with Gasteiger partial charge in [0.05, 0.1) is 25.0 Å². The lowest BCUT2D eigenvalue weighted by Gasteiger charge is -2.36. The highest BCUT2D eigenvalue weighted by molar-refractivity contribution is 5.59. The van der Waals surface area contributed by atoms with E-state index in [9.17, 15) is 4.39 Å². The Hall–Kier alpha value is -2.41. The predicted molar refractivity (Wildman–Crippen MR) is 121 cm³/mol. The molecule has 1 aliphatic heterocycles. The van der Waals surface area contributed by atoms with Crippen molar-refractivity contribution in [3.63, 3.8) is 0 Å². The van der Waals surface area contributed by atoms with E-state index >= 15 is 0 Å². The van der Waals surface area contributed by atoms with Crippen molar-refractivity contribution in [2.75, 3.05) is 29.9 Å². The number of morpholine rings is 1. The topological polar surface area (TPSA) is 59.5 Å². The van der Waals surface area contributed by atoms with Crippen LogP contribution in [0, 0.1) is 17.7 Å². The lowest BCUT2D eigenvalue weighted by Crippen LogP contribution is -2.45. The molecule has 1 aromatic heterocycles. The van der Waals surface area contributed by atoms with Crippen LogP contribution in [0.25, 0.3) is 0 Å². The van der Waals surface area contributed by atoms with Gasteiger partial charge in [0.15, 0.2) is 0 Å². The fraction of sp³-hybridized carbons (Fsp3) is 0.583. The highest BCUT2D eigenvalue weighted by Crippen LogP contribution is 2.30. The second-order valence-electron chi connectivity index (χ2n) is 9.01. The van der Waals surface area contributed by atoms with Gasteiger partial charge in [-0.2, -0.15) is 9.37 Å². The third kappa shape index (κ3) is 5.64. The SMILES string of the molecule is CC1CCCCC1COc1nc(Nc2ccc(N3C[C@@H](C)O[C@@H](C)C3)cc2)ncc1F. The Morgan fingerprint density at radius 2 is 1.81 bits per heavy atom. The van der Waals surface area contributed by atoms with Crippen LogP contribution in [0.4, 0.5) is 21.7 Å². The van der Waals surface area contributed by atoms with Gasteiger partial charge in [-0.3, -0.25) is 0 Å². The number of ether oxygens (including phenoxy) is 2. The fourth-order valence-corrected chi connectivity index (χ4v) is 4.61. The monoisotopic (exact) mass is 428 g/mol. The normalized spacial score (nSPS) is 26.5. The molecule has 0 radical (unpaired) electrons. The Kier molecular flexibility index (Phi) is 6.90. The molecule has 1 aliphatic carbocycles. The maximum Gasteiger partial charge on any atom is 0.255 e. The van der Waals surface area contributed by atoms with Gasteiger partial charge in [0.1, 0.15) is 0 Å². The Balaban J connectivity index is 1.38. The molecule has 1 aromatic carbocycles. The highest BCUT2D eigenvalue weighted by Gasteiger charge is 2.23. The molecule has 1 saturated heterocycles. The van der Waals surface area contributed by atoms with Crippen LogP contribution in [0.5, 0.6) is 5.88 Å². The molecule has 1 N–H and O–H groups in total. The molecular formula is C24H33FN4O2. The van der Waals surface area contributed by atoms with E-state index in [1.165, 1.54) is 25.5 Å². The first kappa shape index (κ1) is 21.8. The number of aromatic nitrogens is 2. The summed E-state index contributed by atoms with van der Waals surface area (Å²) >= 11 is 0. The molecular weight excluding hydrogens is 395 g/mol. The minimum absolute atomic E-state index is 0.0168. The van der Waals surface area contributed by atoms with Crippen LogP contribution >= 0.6 is 0 Å². The molecule has 2 aliphatic rings. The largest absolute Gasteiger partial charge is 0.475 e. The minimum Gasteiger partial charge on any atom is -0.475 e. The van der Waals surface area contributed by atoms with Gasteiger partial charge in [0.25, 0.3) is 5.88 Å². The molecule has 1 saturated carbocycles. The number of hydrogen-bond acceptors (Lipinski definition) is 6. The van der Waals surface area contributed by atoms with Gasteiger partial charge in [-0.15, -0.1) is 0 Å².